The van der Waals surface area contributed by atoms with E-state index in [0.29, 0.717) is 17.4 Å². The fraction of sp³-hybridized carbons (Fsp3) is 0.235. The fourth-order valence-corrected chi connectivity index (χ4v) is 2.52. The first-order valence-electron chi connectivity index (χ1n) is 7.62. The highest BCUT2D eigenvalue weighted by Gasteiger charge is 2.18. The Kier molecular flexibility index (Phi) is 4.66. The lowest BCUT2D eigenvalue weighted by molar-refractivity contribution is -0.119. The molecule has 0 fully saturated rings. The molecule has 0 saturated carbocycles. The van der Waals surface area contributed by atoms with Crippen LogP contribution in [0, 0.1) is 6.92 Å². The predicted octanol–water partition coefficient (Wildman–Crippen LogP) is 3.29. The molecule has 1 unspecified atom stereocenters. The molecule has 0 radical (unpaired) electrons. The molecule has 0 spiro atoms. The highest BCUT2D eigenvalue weighted by molar-refractivity contribution is 6.33. The quantitative estimate of drug-likeness (QED) is 0.773. The van der Waals surface area contributed by atoms with Gasteiger partial charge in [-0.25, -0.2) is 0 Å². The number of halogens is 1. The second-order valence-corrected chi connectivity index (χ2v) is 6.02. The molecule has 1 N–H and O–H groups in total. The summed E-state index contributed by atoms with van der Waals surface area (Å²) in [6.07, 6.45) is 3.47. The number of aromatic nitrogens is 4. The molecule has 2 aromatic heterocycles. The van der Waals surface area contributed by atoms with Crippen LogP contribution in [0.4, 0.5) is 5.82 Å². The van der Waals surface area contributed by atoms with Crippen molar-refractivity contribution in [3.63, 3.8) is 0 Å². The van der Waals surface area contributed by atoms with Crippen LogP contribution in [0.3, 0.4) is 0 Å². The number of anilines is 1. The smallest absolute Gasteiger partial charge is 0.250 e. The summed E-state index contributed by atoms with van der Waals surface area (Å²) in [5, 5.41) is 11.8. The number of aryl methyl sites for hydroxylation is 1. The van der Waals surface area contributed by atoms with E-state index >= 15 is 0 Å². The Hall–Kier alpha value is -2.60. The van der Waals surface area contributed by atoms with E-state index in [1.54, 1.807) is 28.7 Å². The Morgan fingerprint density at radius 3 is 2.67 bits per heavy atom. The maximum atomic E-state index is 12.4. The lowest BCUT2D eigenvalue weighted by atomic mass is 10.2. The van der Waals surface area contributed by atoms with Gasteiger partial charge < -0.3 is 5.32 Å². The summed E-state index contributed by atoms with van der Waals surface area (Å²) in [5.74, 6) is 0.137. The van der Waals surface area contributed by atoms with Gasteiger partial charge in [-0.15, -0.1) is 0 Å². The van der Waals surface area contributed by atoms with Crippen LogP contribution < -0.4 is 5.32 Å². The minimum atomic E-state index is -0.450. The Morgan fingerprint density at radius 2 is 2.00 bits per heavy atom. The number of hydrogen-bond donors (Lipinski definition) is 1. The molecule has 0 saturated heterocycles. The third-order valence-corrected chi connectivity index (χ3v) is 3.94. The summed E-state index contributed by atoms with van der Waals surface area (Å²) >= 11 is 6.19. The van der Waals surface area contributed by atoms with Crippen LogP contribution in [0.15, 0.2) is 48.8 Å². The number of hydrogen-bond acceptors (Lipinski definition) is 3. The van der Waals surface area contributed by atoms with Crippen molar-refractivity contribution in [2.24, 2.45) is 0 Å². The summed E-state index contributed by atoms with van der Waals surface area (Å²) in [6, 6.07) is 11.3. The van der Waals surface area contributed by atoms with Gasteiger partial charge in [-0.05, 0) is 25.5 Å². The average molecular weight is 344 g/mol. The van der Waals surface area contributed by atoms with E-state index in [4.69, 9.17) is 11.6 Å². The third-order valence-electron chi connectivity index (χ3n) is 3.66. The summed E-state index contributed by atoms with van der Waals surface area (Å²) < 4.78 is 3.32. The number of amides is 1. The SMILES string of the molecule is Cc1ccn(C(C)C(=O)Nc2nn(Cc3ccccc3)cc2Cl)n1. The second-order valence-electron chi connectivity index (χ2n) is 5.61. The normalized spacial score (nSPS) is 12.1. The zero-order valence-corrected chi connectivity index (χ0v) is 14.2. The van der Waals surface area contributed by atoms with Gasteiger partial charge in [0, 0.05) is 12.4 Å². The summed E-state index contributed by atoms with van der Waals surface area (Å²) in [6.45, 7) is 4.24. The van der Waals surface area contributed by atoms with Gasteiger partial charge in [0.15, 0.2) is 5.82 Å². The molecule has 0 aliphatic heterocycles. The zero-order chi connectivity index (χ0) is 17.1. The first-order chi connectivity index (χ1) is 11.5. The van der Waals surface area contributed by atoms with Gasteiger partial charge in [0.1, 0.15) is 11.1 Å². The van der Waals surface area contributed by atoms with Crippen LogP contribution in [-0.4, -0.2) is 25.5 Å². The molecule has 0 bridgehead atoms. The molecular weight excluding hydrogens is 326 g/mol. The van der Waals surface area contributed by atoms with Gasteiger partial charge in [0.25, 0.3) is 0 Å². The highest BCUT2D eigenvalue weighted by Crippen LogP contribution is 2.21. The Labute approximate surface area is 145 Å². The molecule has 3 aromatic rings. The number of benzene rings is 1. The van der Waals surface area contributed by atoms with Crippen LogP contribution in [-0.2, 0) is 11.3 Å². The van der Waals surface area contributed by atoms with Crippen molar-refractivity contribution in [2.45, 2.75) is 26.4 Å². The molecule has 124 valence electrons. The molecule has 2 heterocycles. The maximum absolute atomic E-state index is 12.4. The molecule has 1 amide bonds. The molecule has 6 nitrogen and oxygen atoms in total. The van der Waals surface area contributed by atoms with E-state index in [1.807, 2.05) is 43.3 Å². The Balaban J connectivity index is 1.70. The lowest BCUT2D eigenvalue weighted by Gasteiger charge is -2.11. The molecule has 0 aliphatic rings. The molecule has 3 rings (SSSR count). The van der Waals surface area contributed by atoms with Crippen molar-refractivity contribution in [3.8, 4) is 0 Å². The maximum Gasteiger partial charge on any atom is 0.250 e. The van der Waals surface area contributed by atoms with E-state index in [1.165, 1.54) is 0 Å². The number of rotatable bonds is 5. The Bertz CT molecular complexity index is 840. The number of carbonyl (C=O) groups excluding carboxylic acids is 1. The zero-order valence-electron chi connectivity index (χ0n) is 13.5. The average Bonchev–Trinajstić information content (AvgIpc) is 3.14. The van der Waals surface area contributed by atoms with Gasteiger partial charge in [0.05, 0.1) is 12.2 Å². The third kappa shape index (κ3) is 3.65. The van der Waals surface area contributed by atoms with Crippen LogP contribution in [0.1, 0.15) is 24.2 Å². The van der Waals surface area contributed by atoms with Crippen molar-refractivity contribution in [1.29, 1.82) is 0 Å². The predicted molar refractivity (Wildman–Crippen MR) is 93.1 cm³/mol. The summed E-state index contributed by atoms with van der Waals surface area (Å²) in [5.41, 5.74) is 1.97. The summed E-state index contributed by atoms with van der Waals surface area (Å²) in [7, 11) is 0. The molecule has 1 aromatic carbocycles. The number of nitrogens with zero attached hydrogens (tertiary/aromatic N) is 4. The van der Waals surface area contributed by atoms with Crippen LogP contribution in [0.5, 0.6) is 0 Å². The van der Waals surface area contributed by atoms with Gasteiger partial charge in [0.2, 0.25) is 5.91 Å². The highest BCUT2D eigenvalue weighted by atomic mass is 35.5. The monoisotopic (exact) mass is 343 g/mol. The first-order valence-corrected chi connectivity index (χ1v) is 8.00. The minimum Gasteiger partial charge on any atom is -0.306 e. The molecule has 1 atom stereocenters. The Morgan fingerprint density at radius 1 is 1.25 bits per heavy atom. The van der Waals surface area contributed by atoms with Gasteiger partial charge in [-0.2, -0.15) is 10.2 Å². The van der Waals surface area contributed by atoms with Crippen molar-refractivity contribution < 1.29 is 4.79 Å². The molecule has 0 aliphatic carbocycles. The van der Waals surface area contributed by atoms with Crippen LogP contribution >= 0.6 is 11.6 Å². The largest absolute Gasteiger partial charge is 0.306 e. The molecule has 7 heteroatoms. The molecular formula is C17H18ClN5O. The van der Waals surface area contributed by atoms with Crippen LogP contribution in [0.2, 0.25) is 5.02 Å². The first kappa shape index (κ1) is 16.3. The second kappa shape index (κ2) is 6.88. The standard InChI is InChI=1S/C17H18ClN5O/c1-12-8-9-23(20-12)13(2)17(24)19-16-15(18)11-22(21-16)10-14-6-4-3-5-7-14/h3-9,11,13H,10H2,1-2H3,(H,19,21,24). The lowest BCUT2D eigenvalue weighted by Crippen LogP contribution is -2.24. The van der Waals surface area contributed by atoms with E-state index in [2.05, 4.69) is 15.5 Å². The number of carbonyl (C=O) groups is 1. The molecule has 24 heavy (non-hydrogen) atoms. The number of nitrogens with one attached hydrogen (secondary N) is 1. The van der Waals surface area contributed by atoms with Crippen molar-refractivity contribution >= 4 is 23.3 Å². The van der Waals surface area contributed by atoms with Gasteiger partial charge in [-0.3, -0.25) is 14.2 Å². The van der Waals surface area contributed by atoms with E-state index < -0.39 is 6.04 Å². The van der Waals surface area contributed by atoms with Gasteiger partial charge >= 0.3 is 0 Å². The van der Waals surface area contributed by atoms with Crippen molar-refractivity contribution in [3.05, 3.63) is 65.1 Å². The van der Waals surface area contributed by atoms with Crippen molar-refractivity contribution in [1.82, 2.24) is 19.6 Å². The van der Waals surface area contributed by atoms with Crippen LogP contribution in [0.25, 0.3) is 0 Å². The summed E-state index contributed by atoms with van der Waals surface area (Å²) in [4.78, 5) is 12.4. The minimum absolute atomic E-state index is 0.218. The fourth-order valence-electron chi connectivity index (χ4n) is 2.32. The van der Waals surface area contributed by atoms with Crippen molar-refractivity contribution in [2.75, 3.05) is 5.32 Å². The topological polar surface area (TPSA) is 64.7 Å². The van der Waals surface area contributed by atoms with E-state index in [-0.39, 0.29) is 5.91 Å². The van der Waals surface area contributed by atoms with E-state index in [9.17, 15) is 4.79 Å². The van der Waals surface area contributed by atoms with E-state index in [0.717, 1.165) is 11.3 Å². The van der Waals surface area contributed by atoms with Gasteiger partial charge in [-0.1, -0.05) is 41.9 Å².